The predicted octanol–water partition coefficient (Wildman–Crippen LogP) is 3.62. The molecule has 1 rings (SSSR count). The van der Waals surface area contributed by atoms with Gasteiger partial charge in [-0.25, -0.2) is 0 Å². The van der Waals surface area contributed by atoms with Crippen LogP contribution in [0.5, 0.6) is 5.75 Å². The Labute approximate surface area is 142 Å². The van der Waals surface area contributed by atoms with Crippen LogP contribution in [-0.4, -0.2) is 24.5 Å². The van der Waals surface area contributed by atoms with Gasteiger partial charge in [-0.2, -0.15) is 0 Å². The number of hydrogen-bond donors (Lipinski definition) is 2. The minimum atomic E-state index is -0.757. The van der Waals surface area contributed by atoms with Gasteiger partial charge < -0.3 is 15.4 Å². The van der Waals surface area contributed by atoms with Gasteiger partial charge in [0.2, 0.25) is 0 Å². The first-order valence-corrected chi connectivity index (χ1v) is 7.78. The molecule has 2 N–H and O–H groups in total. The number of amides is 2. The van der Waals surface area contributed by atoms with Gasteiger partial charge in [-0.15, -0.1) is 0 Å². The minimum Gasteiger partial charge on any atom is -0.495 e. The molecule has 0 fully saturated rings. The molecule has 1 aromatic rings. The van der Waals surface area contributed by atoms with Crippen LogP contribution in [0.15, 0.2) is 18.2 Å². The molecule has 5 nitrogen and oxygen atoms in total. The fourth-order valence-electron chi connectivity index (χ4n) is 2.69. The Hall–Kier alpha value is -1.75. The van der Waals surface area contributed by atoms with Crippen LogP contribution in [0.1, 0.15) is 41.0 Å². The Morgan fingerprint density at radius 3 is 2.26 bits per heavy atom. The number of halogens is 1. The third-order valence-electron chi connectivity index (χ3n) is 3.04. The van der Waals surface area contributed by atoms with E-state index in [1.165, 1.54) is 13.2 Å². The summed E-state index contributed by atoms with van der Waals surface area (Å²) in [7, 11) is 1.48. The van der Waals surface area contributed by atoms with Crippen LogP contribution < -0.4 is 15.4 Å². The third-order valence-corrected chi connectivity index (χ3v) is 3.28. The molecular formula is C17H25ClN2O3. The zero-order valence-electron chi connectivity index (χ0n) is 14.5. The lowest BCUT2D eigenvalue weighted by atomic mass is 9.82. The van der Waals surface area contributed by atoms with Crippen LogP contribution in [0.25, 0.3) is 0 Å². The maximum atomic E-state index is 12.1. The quantitative estimate of drug-likeness (QED) is 0.823. The van der Waals surface area contributed by atoms with Crippen molar-refractivity contribution in [3.05, 3.63) is 23.2 Å². The largest absolute Gasteiger partial charge is 0.495 e. The number of ether oxygens (including phenoxy) is 1. The normalized spacial score (nSPS) is 11.8. The molecule has 128 valence electrons. The molecule has 0 saturated carbocycles. The van der Waals surface area contributed by atoms with Crippen molar-refractivity contribution in [1.29, 1.82) is 0 Å². The number of anilines is 1. The lowest BCUT2D eigenvalue weighted by Crippen LogP contribution is -2.49. The van der Waals surface area contributed by atoms with Gasteiger partial charge in [0.1, 0.15) is 5.75 Å². The Morgan fingerprint density at radius 2 is 1.74 bits per heavy atom. The highest BCUT2D eigenvalue weighted by Crippen LogP contribution is 2.28. The van der Waals surface area contributed by atoms with E-state index >= 15 is 0 Å². The number of nitrogens with one attached hydrogen (secondary N) is 2. The summed E-state index contributed by atoms with van der Waals surface area (Å²) < 4.78 is 5.14. The first-order valence-electron chi connectivity index (χ1n) is 7.40. The first-order chi connectivity index (χ1) is 10.4. The maximum Gasteiger partial charge on any atom is 0.313 e. The minimum absolute atomic E-state index is 0.0312. The highest BCUT2D eigenvalue weighted by molar-refractivity contribution is 6.40. The lowest BCUT2D eigenvalue weighted by Gasteiger charge is -2.33. The second kappa shape index (κ2) is 7.21. The van der Waals surface area contributed by atoms with Gasteiger partial charge in [0, 0.05) is 10.6 Å². The molecule has 0 aliphatic rings. The fraction of sp³-hybridized carbons (Fsp3) is 0.529. The number of hydrogen-bond acceptors (Lipinski definition) is 3. The summed E-state index contributed by atoms with van der Waals surface area (Å²) in [5.41, 5.74) is -0.108. The second-order valence-corrected chi connectivity index (χ2v) is 7.81. The van der Waals surface area contributed by atoms with Crippen LogP contribution in [0.3, 0.4) is 0 Å². The summed E-state index contributed by atoms with van der Waals surface area (Å²) in [5, 5.41) is 5.73. The van der Waals surface area contributed by atoms with Crippen LogP contribution in [-0.2, 0) is 9.59 Å². The SMILES string of the molecule is COc1ccc(Cl)cc1NC(=O)C(=O)NC(C)(C)CC(C)(C)C. The number of benzene rings is 1. The Kier molecular flexibility index (Phi) is 6.05. The van der Waals surface area contributed by atoms with E-state index in [4.69, 9.17) is 16.3 Å². The van der Waals surface area contributed by atoms with Crippen molar-refractivity contribution in [2.45, 2.75) is 46.6 Å². The number of carbonyl (C=O) groups is 2. The molecule has 0 aliphatic heterocycles. The third kappa shape index (κ3) is 6.48. The van der Waals surface area contributed by atoms with E-state index < -0.39 is 17.4 Å². The van der Waals surface area contributed by atoms with Crippen molar-refractivity contribution in [2.24, 2.45) is 5.41 Å². The molecule has 1 aromatic carbocycles. The van der Waals surface area contributed by atoms with Crippen LogP contribution >= 0.6 is 11.6 Å². The Morgan fingerprint density at radius 1 is 1.13 bits per heavy atom. The van der Waals surface area contributed by atoms with E-state index in [0.29, 0.717) is 16.5 Å². The highest BCUT2D eigenvalue weighted by Gasteiger charge is 2.29. The molecule has 2 amide bonds. The Bertz CT molecular complexity index is 592. The first kappa shape index (κ1) is 19.3. The zero-order chi connectivity index (χ0) is 17.8. The molecule has 0 unspecified atom stereocenters. The molecule has 0 radical (unpaired) electrons. The highest BCUT2D eigenvalue weighted by atomic mass is 35.5. The average molecular weight is 341 g/mol. The van der Waals surface area contributed by atoms with Gasteiger partial charge >= 0.3 is 11.8 Å². The molecule has 0 saturated heterocycles. The van der Waals surface area contributed by atoms with Crippen LogP contribution in [0.4, 0.5) is 5.69 Å². The van der Waals surface area contributed by atoms with E-state index in [9.17, 15) is 9.59 Å². The van der Waals surface area contributed by atoms with E-state index in [1.54, 1.807) is 12.1 Å². The van der Waals surface area contributed by atoms with Gasteiger partial charge in [-0.05, 0) is 43.9 Å². The molecule has 0 spiro atoms. The molecule has 0 aliphatic carbocycles. The summed E-state index contributed by atoms with van der Waals surface area (Å²) in [4.78, 5) is 24.2. The van der Waals surface area contributed by atoms with Crippen molar-refractivity contribution >= 4 is 29.1 Å². The van der Waals surface area contributed by atoms with Crippen LogP contribution in [0.2, 0.25) is 5.02 Å². The second-order valence-electron chi connectivity index (χ2n) is 7.37. The zero-order valence-corrected chi connectivity index (χ0v) is 15.3. The molecule has 23 heavy (non-hydrogen) atoms. The van der Waals surface area contributed by atoms with Crippen molar-refractivity contribution in [3.63, 3.8) is 0 Å². The van der Waals surface area contributed by atoms with E-state index in [-0.39, 0.29) is 5.41 Å². The summed E-state index contributed by atoms with van der Waals surface area (Å²) in [6.45, 7) is 10.0. The summed E-state index contributed by atoms with van der Waals surface area (Å²) in [5.74, 6) is -1.02. The predicted molar refractivity (Wildman–Crippen MR) is 92.9 cm³/mol. The molecule has 0 atom stereocenters. The van der Waals surface area contributed by atoms with E-state index in [0.717, 1.165) is 6.42 Å². The molecule has 6 heteroatoms. The van der Waals surface area contributed by atoms with Gasteiger partial charge in [-0.3, -0.25) is 9.59 Å². The van der Waals surface area contributed by atoms with Crippen molar-refractivity contribution < 1.29 is 14.3 Å². The molecular weight excluding hydrogens is 316 g/mol. The maximum absolute atomic E-state index is 12.1. The number of rotatable bonds is 4. The summed E-state index contributed by atoms with van der Waals surface area (Å²) in [6.07, 6.45) is 0.736. The van der Waals surface area contributed by atoms with Gasteiger partial charge in [-0.1, -0.05) is 32.4 Å². The summed E-state index contributed by atoms with van der Waals surface area (Å²) in [6, 6.07) is 4.80. The Balaban J connectivity index is 2.79. The fourth-order valence-corrected chi connectivity index (χ4v) is 2.86. The number of carbonyl (C=O) groups excluding carboxylic acids is 2. The number of methoxy groups -OCH3 is 1. The van der Waals surface area contributed by atoms with Gasteiger partial charge in [0.25, 0.3) is 0 Å². The van der Waals surface area contributed by atoms with Crippen molar-refractivity contribution in [2.75, 3.05) is 12.4 Å². The standard InChI is InChI=1S/C17H25ClN2O3/c1-16(2,3)10-17(4,5)20-15(22)14(21)19-12-9-11(18)7-8-13(12)23-6/h7-9H,10H2,1-6H3,(H,19,21)(H,20,22). The van der Waals surface area contributed by atoms with Crippen LogP contribution in [0, 0.1) is 5.41 Å². The average Bonchev–Trinajstić information content (AvgIpc) is 2.35. The lowest BCUT2D eigenvalue weighted by molar-refractivity contribution is -0.137. The van der Waals surface area contributed by atoms with Gasteiger partial charge in [0.05, 0.1) is 12.8 Å². The molecule has 0 aromatic heterocycles. The molecule has 0 bridgehead atoms. The smallest absolute Gasteiger partial charge is 0.313 e. The van der Waals surface area contributed by atoms with Crippen molar-refractivity contribution in [3.8, 4) is 5.75 Å². The van der Waals surface area contributed by atoms with Gasteiger partial charge in [0.15, 0.2) is 0 Å². The molecule has 0 heterocycles. The van der Waals surface area contributed by atoms with E-state index in [2.05, 4.69) is 31.4 Å². The van der Waals surface area contributed by atoms with Crippen molar-refractivity contribution in [1.82, 2.24) is 5.32 Å². The van der Waals surface area contributed by atoms with E-state index in [1.807, 2.05) is 13.8 Å². The topological polar surface area (TPSA) is 67.4 Å². The monoisotopic (exact) mass is 340 g/mol. The summed E-state index contributed by atoms with van der Waals surface area (Å²) >= 11 is 5.91.